The van der Waals surface area contributed by atoms with Crippen LogP contribution in [0, 0.1) is 5.82 Å². The summed E-state index contributed by atoms with van der Waals surface area (Å²) in [4.78, 5) is 17.2. The predicted octanol–water partition coefficient (Wildman–Crippen LogP) is 4.30. The Morgan fingerprint density at radius 3 is 2.83 bits per heavy atom. The van der Waals surface area contributed by atoms with Gasteiger partial charge >= 0.3 is 0 Å². The highest BCUT2D eigenvalue weighted by Gasteiger charge is 2.24. The number of rotatable bonds is 9. The van der Waals surface area contributed by atoms with Crippen LogP contribution in [-0.4, -0.2) is 49.5 Å². The molecule has 7 nitrogen and oxygen atoms in total. The van der Waals surface area contributed by atoms with Crippen molar-refractivity contribution in [1.29, 1.82) is 0 Å². The maximum Gasteiger partial charge on any atom is 0.251 e. The van der Waals surface area contributed by atoms with E-state index in [1.807, 2.05) is 0 Å². The Kier molecular flexibility index (Phi) is 7.67. The maximum atomic E-state index is 13.6. The summed E-state index contributed by atoms with van der Waals surface area (Å²) >= 11 is 5.94. The van der Waals surface area contributed by atoms with E-state index in [0.717, 1.165) is 5.56 Å². The third kappa shape index (κ3) is 5.47. The Balaban J connectivity index is 1.51. The standard InChI is InChI=1S/C25H23ClF2N2O5/c1-33-22-12-16(3-5-21(22)34-9-7-27)25(32)29-13-20(31)19-11-15-6-8-35-24(15)23(30-19)14-2-4-18(28)17(26)10-14/h2-5,10-12,20,31H,6-9,13H2,1H3,(H,29,32). The Labute approximate surface area is 205 Å². The third-order valence-electron chi connectivity index (χ3n) is 5.44. The largest absolute Gasteiger partial charge is 0.493 e. The summed E-state index contributed by atoms with van der Waals surface area (Å²) < 4.78 is 42.2. The molecule has 0 saturated heterocycles. The van der Waals surface area contributed by atoms with E-state index in [0.29, 0.717) is 41.5 Å². The van der Waals surface area contributed by atoms with E-state index in [9.17, 15) is 18.7 Å². The normalized spacial score (nSPS) is 13.1. The smallest absolute Gasteiger partial charge is 0.251 e. The van der Waals surface area contributed by atoms with Gasteiger partial charge in [0.25, 0.3) is 5.91 Å². The molecular weight excluding hydrogens is 482 g/mol. The second kappa shape index (κ2) is 10.9. The average Bonchev–Trinajstić information content (AvgIpc) is 3.35. The second-order valence-electron chi connectivity index (χ2n) is 7.74. The molecule has 10 heteroatoms. The molecule has 184 valence electrons. The molecule has 1 aliphatic rings. The van der Waals surface area contributed by atoms with Crippen LogP contribution in [0.5, 0.6) is 17.2 Å². The van der Waals surface area contributed by atoms with Gasteiger partial charge in [0.15, 0.2) is 11.5 Å². The number of benzene rings is 2. The lowest BCUT2D eigenvalue weighted by atomic mass is 10.0. The number of aliphatic hydroxyl groups excluding tert-OH is 1. The number of ether oxygens (including phenoxy) is 3. The molecule has 2 N–H and O–H groups in total. The summed E-state index contributed by atoms with van der Waals surface area (Å²) in [5.41, 5.74) is 2.45. The van der Waals surface area contributed by atoms with E-state index in [-0.39, 0.29) is 29.5 Å². The van der Waals surface area contributed by atoms with E-state index in [2.05, 4.69) is 10.3 Å². The maximum absolute atomic E-state index is 13.6. The van der Waals surface area contributed by atoms with Crippen LogP contribution in [0.1, 0.15) is 27.7 Å². The predicted molar refractivity (Wildman–Crippen MR) is 126 cm³/mol. The summed E-state index contributed by atoms with van der Waals surface area (Å²) in [6.45, 7) is -0.430. The van der Waals surface area contributed by atoms with E-state index < -0.39 is 24.5 Å². The minimum atomic E-state index is -1.12. The number of nitrogens with one attached hydrogen (secondary N) is 1. The number of carbonyl (C=O) groups excluding carboxylic acids is 1. The summed E-state index contributed by atoms with van der Waals surface area (Å²) in [5.74, 6) is 0.170. The molecule has 4 rings (SSSR count). The van der Waals surface area contributed by atoms with E-state index in [1.54, 1.807) is 6.07 Å². The van der Waals surface area contributed by atoms with Crippen molar-refractivity contribution in [1.82, 2.24) is 10.3 Å². The fourth-order valence-electron chi connectivity index (χ4n) is 3.70. The third-order valence-corrected chi connectivity index (χ3v) is 5.73. The Bertz CT molecular complexity index is 1240. The Morgan fingerprint density at radius 1 is 1.26 bits per heavy atom. The zero-order valence-corrected chi connectivity index (χ0v) is 19.6. The minimum Gasteiger partial charge on any atom is -0.493 e. The van der Waals surface area contributed by atoms with Crippen molar-refractivity contribution in [2.45, 2.75) is 12.5 Å². The number of alkyl halides is 1. The number of carbonyl (C=O) groups is 1. The lowest BCUT2D eigenvalue weighted by molar-refractivity contribution is 0.0913. The number of nitrogens with zero attached hydrogens (tertiary/aromatic N) is 1. The number of aromatic nitrogens is 1. The van der Waals surface area contributed by atoms with Gasteiger partial charge in [-0.1, -0.05) is 11.6 Å². The van der Waals surface area contributed by atoms with Crippen LogP contribution in [0.2, 0.25) is 5.02 Å². The quantitative estimate of drug-likeness (QED) is 0.452. The molecule has 0 spiro atoms. The van der Waals surface area contributed by atoms with Crippen LogP contribution in [0.3, 0.4) is 0 Å². The van der Waals surface area contributed by atoms with Crippen molar-refractivity contribution >= 4 is 17.5 Å². The molecule has 1 aliphatic heterocycles. The molecule has 1 amide bonds. The zero-order valence-electron chi connectivity index (χ0n) is 18.8. The molecule has 0 aliphatic carbocycles. The van der Waals surface area contributed by atoms with Crippen molar-refractivity contribution in [3.05, 3.63) is 70.1 Å². The van der Waals surface area contributed by atoms with Crippen LogP contribution in [0.4, 0.5) is 8.78 Å². The van der Waals surface area contributed by atoms with Crippen molar-refractivity contribution in [3.63, 3.8) is 0 Å². The zero-order chi connectivity index (χ0) is 24.9. The molecule has 0 radical (unpaired) electrons. The molecule has 0 bridgehead atoms. The minimum absolute atomic E-state index is 0.0502. The number of methoxy groups -OCH3 is 1. The lowest BCUT2D eigenvalue weighted by Crippen LogP contribution is -2.28. The van der Waals surface area contributed by atoms with Gasteiger partial charge in [0, 0.05) is 29.7 Å². The molecule has 0 fully saturated rings. The summed E-state index contributed by atoms with van der Waals surface area (Å²) in [5, 5.41) is 13.4. The first-order valence-electron chi connectivity index (χ1n) is 10.9. The van der Waals surface area contributed by atoms with Gasteiger partial charge in [0.2, 0.25) is 0 Å². The number of pyridine rings is 1. The summed E-state index contributed by atoms with van der Waals surface area (Å²) in [6.07, 6.45) is -0.490. The van der Waals surface area contributed by atoms with Gasteiger partial charge in [-0.15, -0.1) is 0 Å². The van der Waals surface area contributed by atoms with Gasteiger partial charge in [-0.05, 0) is 42.5 Å². The van der Waals surface area contributed by atoms with Gasteiger partial charge in [0.05, 0.1) is 24.4 Å². The number of hydrogen-bond donors (Lipinski definition) is 2. The first-order valence-corrected chi connectivity index (χ1v) is 11.2. The van der Waals surface area contributed by atoms with Crippen molar-refractivity contribution in [2.75, 3.05) is 33.5 Å². The van der Waals surface area contributed by atoms with Gasteiger partial charge in [0.1, 0.15) is 36.6 Å². The highest BCUT2D eigenvalue weighted by molar-refractivity contribution is 6.31. The van der Waals surface area contributed by atoms with Gasteiger partial charge in [-0.3, -0.25) is 4.79 Å². The van der Waals surface area contributed by atoms with Crippen molar-refractivity contribution in [3.8, 4) is 28.5 Å². The summed E-state index contributed by atoms with van der Waals surface area (Å²) in [7, 11) is 1.41. The van der Waals surface area contributed by atoms with Crippen LogP contribution in [-0.2, 0) is 6.42 Å². The lowest BCUT2D eigenvalue weighted by Gasteiger charge is -2.16. The summed E-state index contributed by atoms with van der Waals surface area (Å²) in [6, 6.07) is 10.5. The molecule has 1 atom stereocenters. The highest BCUT2D eigenvalue weighted by atomic mass is 35.5. The molecule has 2 heterocycles. The molecule has 2 aromatic carbocycles. The van der Waals surface area contributed by atoms with Gasteiger partial charge in [-0.2, -0.15) is 0 Å². The number of aliphatic hydroxyl groups is 1. The van der Waals surface area contributed by atoms with Crippen LogP contribution in [0.15, 0.2) is 42.5 Å². The average molecular weight is 505 g/mol. The molecule has 3 aromatic rings. The van der Waals surface area contributed by atoms with E-state index >= 15 is 0 Å². The topological polar surface area (TPSA) is 89.9 Å². The second-order valence-corrected chi connectivity index (χ2v) is 8.15. The van der Waals surface area contributed by atoms with E-state index in [4.69, 9.17) is 25.8 Å². The fraction of sp³-hybridized carbons (Fsp3) is 0.280. The monoisotopic (exact) mass is 504 g/mol. The van der Waals surface area contributed by atoms with Crippen LogP contribution < -0.4 is 19.5 Å². The Morgan fingerprint density at radius 2 is 2.09 bits per heavy atom. The molecule has 1 unspecified atom stereocenters. The molecular formula is C25H23ClF2N2O5. The van der Waals surface area contributed by atoms with Crippen molar-refractivity contribution < 1.29 is 32.9 Å². The van der Waals surface area contributed by atoms with E-state index in [1.165, 1.54) is 43.5 Å². The number of halogens is 3. The molecule has 35 heavy (non-hydrogen) atoms. The molecule has 0 saturated carbocycles. The highest BCUT2D eigenvalue weighted by Crippen LogP contribution is 2.38. The van der Waals surface area contributed by atoms with Gasteiger partial charge < -0.3 is 24.6 Å². The number of hydrogen-bond acceptors (Lipinski definition) is 6. The van der Waals surface area contributed by atoms with Crippen molar-refractivity contribution in [2.24, 2.45) is 0 Å². The number of amides is 1. The fourth-order valence-corrected chi connectivity index (χ4v) is 3.88. The SMILES string of the molecule is COc1cc(C(=O)NCC(O)c2cc3c(c(-c4ccc(F)c(Cl)c4)n2)OCC3)ccc1OCCF. The number of fused-ring (bicyclic) bond motifs is 1. The first kappa shape index (κ1) is 24.7. The Hall–Kier alpha value is -3.43. The van der Waals surface area contributed by atoms with Gasteiger partial charge in [-0.25, -0.2) is 13.8 Å². The molecule has 1 aromatic heterocycles. The van der Waals surface area contributed by atoms with Crippen LogP contribution in [0.25, 0.3) is 11.3 Å². The first-order chi connectivity index (χ1) is 16.9. The van der Waals surface area contributed by atoms with Crippen LogP contribution >= 0.6 is 11.6 Å².